The highest BCUT2D eigenvalue weighted by Crippen LogP contribution is 2.64. The minimum Gasteiger partial charge on any atom is -0.465 e. The summed E-state index contributed by atoms with van der Waals surface area (Å²) in [5.74, 6) is -2.48. The van der Waals surface area contributed by atoms with Crippen molar-refractivity contribution in [1.82, 2.24) is 0 Å². The van der Waals surface area contributed by atoms with E-state index in [9.17, 15) is 19.2 Å². The first-order valence-corrected chi connectivity index (χ1v) is 21.5. The van der Waals surface area contributed by atoms with Gasteiger partial charge in [-0.2, -0.15) is 0 Å². The Kier molecular flexibility index (Phi) is 10.7. The van der Waals surface area contributed by atoms with E-state index in [-0.39, 0.29) is 22.3 Å². The van der Waals surface area contributed by atoms with Gasteiger partial charge >= 0.3 is 23.9 Å². The van der Waals surface area contributed by atoms with Gasteiger partial charge in [0, 0.05) is 22.7 Å². The lowest BCUT2D eigenvalue weighted by Gasteiger charge is -2.34. The van der Waals surface area contributed by atoms with Gasteiger partial charge in [-0.15, -0.1) is 0 Å². The van der Waals surface area contributed by atoms with Crippen LogP contribution in [0.15, 0.2) is 182 Å². The number of esters is 4. The molecule has 10 nitrogen and oxygen atoms in total. The molecule has 328 valence electrons. The quantitative estimate of drug-likeness (QED) is 0.0972. The van der Waals surface area contributed by atoms with Crippen molar-refractivity contribution < 1.29 is 38.1 Å². The van der Waals surface area contributed by atoms with Crippen LogP contribution in [-0.4, -0.2) is 52.3 Å². The number of anilines is 6. The van der Waals surface area contributed by atoms with Gasteiger partial charge < -0.3 is 28.7 Å². The second-order valence-electron chi connectivity index (χ2n) is 16.0. The fourth-order valence-corrected chi connectivity index (χ4v) is 10.0. The van der Waals surface area contributed by atoms with E-state index in [0.717, 1.165) is 44.5 Å². The van der Waals surface area contributed by atoms with Crippen molar-refractivity contribution in [3.8, 4) is 22.3 Å². The first-order chi connectivity index (χ1) is 32.8. The summed E-state index contributed by atoms with van der Waals surface area (Å²) in [7, 11) is 5.25. The Bertz CT molecular complexity index is 3000. The minimum absolute atomic E-state index is 0.175. The molecule has 0 atom stereocenters. The summed E-state index contributed by atoms with van der Waals surface area (Å²) in [5, 5.41) is 0. The molecular weight excluding hydrogens is 841 g/mol. The first-order valence-electron chi connectivity index (χ1n) is 21.5. The largest absolute Gasteiger partial charge is 0.465 e. The third-order valence-corrected chi connectivity index (χ3v) is 12.7. The number of methoxy groups -OCH3 is 4. The summed E-state index contributed by atoms with van der Waals surface area (Å²) in [6.07, 6.45) is 0. The number of fused-ring (bicyclic) bond motifs is 10. The van der Waals surface area contributed by atoms with Gasteiger partial charge in [0.1, 0.15) is 0 Å². The minimum atomic E-state index is -0.922. The Morgan fingerprint density at radius 1 is 0.328 bits per heavy atom. The van der Waals surface area contributed by atoms with Crippen LogP contribution < -0.4 is 9.80 Å². The summed E-state index contributed by atoms with van der Waals surface area (Å²) in [6, 6.07) is 58.2. The maximum atomic E-state index is 13.7. The van der Waals surface area contributed by atoms with E-state index in [4.69, 9.17) is 18.9 Å². The lowest BCUT2D eigenvalue weighted by Crippen LogP contribution is -2.27. The number of carbonyl (C=O) groups is 4. The maximum absolute atomic E-state index is 13.7. The smallest absolute Gasteiger partial charge is 0.340 e. The number of para-hydroxylation sites is 4. The van der Waals surface area contributed by atoms with Crippen molar-refractivity contribution in [3.63, 3.8) is 0 Å². The van der Waals surface area contributed by atoms with Crippen LogP contribution in [0.5, 0.6) is 0 Å². The monoisotopic (exact) mass is 882 g/mol. The van der Waals surface area contributed by atoms with Crippen LogP contribution in [0, 0.1) is 0 Å². The van der Waals surface area contributed by atoms with Crippen LogP contribution in [0.3, 0.4) is 0 Å². The standard InChI is InChI=1S/C57H42N2O8/c1-64-53(60)43-23-15-24-44(54(61)65-2)51(43)58(35-17-7-5-8-18-35)37-29-31-41-42-32-30-38(34-50(42)57(49(41)33-37)47-27-13-11-21-39(47)40-22-12-14-28-48(40)57)59(36-19-9-6-10-20-36)52-45(55(62)66-3)25-16-26-46(52)56(63)67-4/h5-34H,1-4H3. The summed E-state index contributed by atoms with van der Waals surface area (Å²) >= 11 is 0. The molecule has 8 aromatic rings. The highest BCUT2D eigenvalue weighted by molar-refractivity contribution is 6.09. The van der Waals surface area contributed by atoms with Crippen LogP contribution >= 0.6 is 0 Å². The van der Waals surface area contributed by atoms with Gasteiger partial charge in [-0.3, -0.25) is 0 Å². The molecule has 8 aromatic carbocycles. The highest BCUT2D eigenvalue weighted by atomic mass is 16.5. The van der Waals surface area contributed by atoms with Gasteiger partial charge in [0.2, 0.25) is 0 Å². The van der Waals surface area contributed by atoms with Gasteiger partial charge in [0.15, 0.2) is 0 Å². The van der Waals surface area contributed by atoms with E-state index in [1.165, 1.54) is 28.4 Å². The number of ether oxygens (including phenoxy) is 4. The third kappa shape index (κ3) is 6.55. The van der Waals surface area contributed by atoms with Crippen LogP contribution in [0.4, 0.5) is 34.1 Å². The lowest BCUT2D eigenvalue weighted by molar-refractivity contribution is 0.0583. The van der Waals surface area contributed by atoms with E-state index < -0.39 is 29.3 Å². The van der Waals surface area contributed by atoms with Crippen molar-refractivity contribution in [2.45, 2.75) is 5.41 Å². The molecule has 2 aliphatic rings. The SMILES string of the molecule is COC(=O)c1cccc(C(=O)OC)c1N(c1ccccc1)c1ccc2c(c1)C1(c3ccccc3-c3ccccc31)c1cc(N(c3ccccc3)c3c(C(=O)OC)cccc3C(=O)OC)ccc1-2. The summed E-state index contributed by atoms with van der Waals surface area (Å²) in [6.45, 7) is 0. The van der Waals surface area contributed by atoms with Crippen molar-refractivity contribution in [3.05, 3.63) is 226 Å². The number of hydrogen-bond acceptors (Lipinski definition) is 10. The number of hydrogen-bond donors (Lipinski definition) is 0. The molecule has 0 heterocycles. The molecule has 0 saturated heterocycles. The number of carbonyl (C=O) groups excluding carboxylic acids is 4. The molecule has 0 saturated carbocycles. The molecule has 0 N–H and O–H groups in total. The van der Waals surface area contributed by atoms with E-state index >= 15 is 0 Å². The normalized spacial score (nSPS) is 12.2. The maximum Gasteiger partial charge on any atom is 0.340 e. The van der Waals surface area contributed by atoms with E-state index in [2.05, 4.69) is 60.7 Å². The van der Waals surface area contributed by atoms with Crippen LogP contribution in [-0.2, 0) is 24.4 Å². The average Bonchev–Trinajstić information content (AvgIpc) is 3.85. The topological polar surface area (TPSA) is 112 Å². The zero-order chi connectivity index (χ0) is 46.4. The molecule has 0 amide bonds. The fraction of sp³-hybridized carbons (Fsp3) is 0.0877. The zero-order valence-corrected chi connectivity index (χ0v) is 37.0. The molecule has 67 heavy (non-hydrogen) atoms. The molecule has 2 aliphatic carbocycles. The van der Waals surface area contributed by atoms with E-state index in [1.807, 2.05) is 94.7 Å². The van der Waals surface area contributed by atoms with Crippen molar-refractivity contribution in [2.75, 3.05) is 38.2 Å². The molecular formula is C57H42N2O8. The zero-order valence-electron chi connectivity index (χ0n) is 37.0. The molecule has 10 rings (SSSR count). The Hall–Kier alpha value is -8.76. The molecule has 0 aliphatic heterocycles. The molecule has 1 spiro atoms. The molecule has 0 bridgehead atoms. The highest BCUT2D eigenvalue weighted by Gasteiger charge is 2.52. The number of benzene rings is 8. The van der Waals surface area contributed by atoms with Crippen LogP contribution in [0.25, 0.3) is 22.3 Å². The van der Waals surface area contributed by atoms with Gasteiger partial charge in [-0.1, -0.05) is 109 Å². The fourth-order valence-electron chi connectivity index (χ4n) is 10.0. The Morgan fingerprint density at radius 2 is 0.642 bits per heavy atom. The Labute approximate surface area is 387 Å². The van der Waals surface area contributed by atoms with Crippen molar-refractivity contribution >= 4 is 58.0 Å². The van der Waals surface area contributed by atoms with E-state index in [1.54, 1.807) is 36.4 Å². The van der Waals surface area contributed by atoms with Crippen LogP contribution in [0.1, 0.15) is 63.7 Å². The Morgan fingerprint density at radius 3 is 0.985 bits per heavy atom. The number of rotatable bonds is 10. The second kappa shape index (κ2) is 17.0. The first kappa shape index (κ1) is 42.2. The van der Waals surface area contributed by atoms with Crippen LogP contribution in [0.2, 0.25) is 0 Å². The Balaban J connectivity index is 1.29. The van der Waals surface area contributed by atoms with Gasteiger partial charge in [-0.25, -0.2) is 19.2 Å². The predicted molar refractivity (Wildman–Crippen MR) is 257 cm³/mol. The lowest BCUT2D eigenvalue weighted by atomic mass is 9.70. The molecule has 0 fully saturated rings. The summed E-state index contributed by atoms with van der Waals surface area (Å²) in [4.78, 5) is 58.5. The summed E-state index contributed by atoms with van der Waals surface area (Å²) < 4.78 is 21.3. The molecule has 0 unspecified atom stereocenters. The van der Waals surface area contributed by atoms with E-state index in [0.29, 0.717) is 34.1 Å². The van der Waals surface area contributed by atoms with Crippen molar-refractivity contribution in [2.24, 2.45) is 0 Å². The van der Waals surface area contributed by atoms with Crippen molar-refractivity contribution in [1.29, 1.82) is 0 Å². The molecule has 0 aromatic heterocycles. The third-order valence-electron chi connectivity index (χ3n) is 12.7. The van der Waals surface area contributed by atoms with Gasteiger partial charge in [0.25, 0.3) is 0 Å². The summed E-state index contributed by atoms with van der Waals surface area (Å²) in [5.41, 5.74) is 11.2. The second-order valence-corrected chi connectivity index (χ2v) is 16.0. The predicted octanol–water partition coefficient (Wildman–Crippen LogP) is 12.1. The van der Waals surface area contributed by atoms with Gasteiger partial charge in [-0.05, 0) is 117 Å². The molecule has 10 heteroatoms. The number of nitrogens with zero attached hydrogens (tertiary/aromatic N) is 2. The average molecular weight is 883 g/mol. The molecule has 0 radical (unpaired) electrons. The van der Waals surface area contributed by atoms with Gasteiger partial charge in [0.05, 0.1) is 67.5 Å².